The number of hydrogen-bond donors (Lipinski definition) is 3. The Kier molecular flexibility index (Phi) is 6.58. The second-order valence-corrected chi connectivity index (χ2v) is 8.91. The number of hydrogen-bond acceptors (Lipinski definition) is 5. The van der Waals surface area contributed by atoms with Gasteiger partial charge in [0.2, 0.25) is 10.0 Å². The number of sulfonamides is 1. The zero-order chi connectivity index (χ0) is 22.7. The first-order valence-corrected chi connectivity index (χ1v) is 11.1. The summed E-state index contributed by atoms with van der Waals surface area (Å²) < 4.78 is 67.4. The highest BCUT2D eigenvalue weighted by molar-refractivity contribution is 7.89. The monoisotopic (exact) mass is 457 g/mol. The highest BCUT2D eigenvalue weighted by atomic mass is 32.2. The van der Waals surface area contributed by atoms with Crippen molar-refractivity contribution in [2.75, 3.05) is 13.1 Å². The maximum absolute atomic E-state index is 12.9. The number of alkyl halides is 3. The summed E-state index contributed by atoms with van der Waals surface area (Å²) in [6.45, 7) is 0.953. The lowest BCUT2D eigenvalue weighted by molar-refractivity contribution is -0.274. The van der Waals surface area contributed by atoms with Crippen LogP contribution in [-0.2, 0) is 15.4 Å². The van der Waals surface area contributed by atoms with E-state index in [0.29, 0.717) is 31.5 Å². The molecule has 0 bridgehead atoms. The minimum Gasteiger partial charge on any atom is -0.405 e. The molecule has 1 aliphatic rings. The number of benzene rings is 2. The number of ether oxygens (including phenoxy) is 1. The molecule has 1 atom stereocenters. The first-order valence-electron chi connectivity index (χ1n) is 9.46. The maximum Gasteiger partial charge on any atom is 0.573 e. The fraction of sp³-hybridized carbons (Fsp3) is 0.350. The van der Waals surface area contributed by atoms with Crippen LogP contribution in [0, 0.1) is 0 Å². The predicted octanol–water partition coefficient (Wildman–Crippen LogP) is 2.25. The van der Waals surface area contributed by atoms with Crippen molar-refractivity contribution in [1.29, 1.82) is 0 Å². The normalized spacial score (nSPS) is 17.5. The van der Waals surface area contributed by atoms with Crippen LogP contribution in [0.25, 0.3) is 0 Å². The fourth-order valence-corrected chi connectivity index (χ4v) is 5.22. The molecule has 0 saturated carbocycles. The third-order valence-corrected chi connectivity index (χ3v) is 6.52. The van der Waals surface area contributed by atoms with Crippen molar-refractivity contribution in [3.05, 3.63) is 65.7 Å². The molecule has 2 aromatic carbocycles. The van der Waals surface area contributed by atoms with Gasteiger partial charge in [0.25, 0.3) is 5.91 Å². The minimum absolute atomic E-state index is 0.346. The summed E-state index contributed by atoms with van der Waals surface area (Å²) in [5.74, 6) is -1.77. The van der Waals surface area contributed by atoms with Crippen molar-refractivity contribution >= 4 is 15.9 Å². The molecule has 1 unspecified atom stereocenters. The van der Waals surface area contributed by atoms with E-state index in [1.54, 1.807) is 30.3 Å². The van der Waals surface area contributed by atoms with E-state index in [1.807, 2.05) is 0 Å². The molecule has 1 heterocycles. The summed E-state index contributed by atoms with van der Waals surface area (Å²) in [6, 6.07) is 13.5. The van der Waals surface area contributed by atoms with Crippen molar-refractivity contribution in [1.82, 2.24) is 10.6 Å². The van der Waals surface area contributed by atoms with Crippen molar-refractivity contribution < 1.29 is 31.1 Å². The standard InChI is InChI=1S/C20H22F3N3O4S/c21-20(22,23)30-16-9-5-4-8-15(16)17(27)26-18(31(24,28)29)19(10-12-25-13-11-19)14-6-2-1-3-7-14/h1-9,18,25H,10-13H2,(H,26,27)(H2,24,28,29). The van der Waals surface area contributed by atoms with E-state index in [0.717, 1.165) is 12.1 Å². The number of carbonyl (C=O) groups excluding carboxylic acids is 1. The van der Waals surface area contributed by atoms with Gasteiger partial charge in [0, 0.05) is 5.41 Å². The van der Waals surface area contributed by atoms with Gasteiger partial charge < -0.3 is 15.4 Å². The molecule has 7 nitrogen and oxygen atoms in total. The molecule has 1 amide bonds. The van der Waals surface area contributed by atoms with Crippen LogP contribution in [-0.4, -0.2) is 39.2 Å². The van der Waals surface area contributed by atoms with Crippen LogP contribution >= 0.6 is 0 Å². The average molecular weight is 457 g/mol. The lowest BCUT2D eigenvalue weighted by Crippen LogP contribution is -2.60. The number of amides is 1. The molecular formula is C20H22F3N3O4S. The summed E-state index contributed by atoms with van der Waals surface area (Å²) in [5, 5.41) is 9.49. The van der Waals surface area contributed by atoms with Crippen LogP contribution in [0.3, 0.4) is 0 Å². The smallest absolute Gasteiger partial charge is 0.405 e. The Balaban J connectivity index is 2.02. The first kappa shape index (κ1) is 23.0. The zero-order valence-corrected chi connectivity index (χ0v) is 17.2. The van der Waals surface area contributed by atoms with E-state index in [9.17, 15) is 26.4 Å². The van der Waals surface area contributed by atoms with Crippen LogP contribution in [0.5, 0.6) is 5.75 Å². The topological polar surface area (TPSA) is 111 Å². The van der Waals surface area contributed by atoms with Gasteiger partial charge in [0.05, 0.1) is 5.56 Å². The summed E-state index contributed by atoms with van der Waals surface area (Å²) in [4.78, 5) is 12.9. The summed E-state index contributed by atoms with van der Waals surface area (Å²) in [5.41, 5.74) is -0.850. The third kappa shape index (κ3) is 5.35. The first-order chi connectivity index (χ1) is 14.5. The van der Waals surface area contributed by atoms with E-state index in [1.165, 1.54) is 12.1 Å². The second-order valence-electron chi connectivity index (χ2n) is 7.26. The molecule has 0 spiro atoms. The van der Waals surface area contributed by atoms with Gasteiger partial charge in [-0.2, -0.15) is 0 Å². The Bertz CT molecular complexity index is 1020. The van der Waals surface area contributed by atoms with Crippen molar-refractivity contribution in [3.63, 3.8) is 0 Å². The molecule has 1 saturated heterocycles. The van der Waals surface area contributed by atoms with Crippen LogP contribution in [0.1, 0.15) is 28.8 Å². The molecular weight excluding hydrogens is 435 g/mol. The highest BCUT2D eigenvalue weighted by Gasteiger charge is 2.48. The highest BCUT2D eigenvalue weighted by Crippen LogP contribution is 2.39. The van der Waals surface area contributed by atoms with E-state index in [-0.39, 0.29) is 0 Å². The van der Waals surface area contributed by atoms with E-state index in [4.69, 9.17) is 5.14 Å². The van der Waals surface area contributed by atoms with Gasteiger partial charge >= 0.3 is 6.36 Å². The SMILES string of the molecule is NS(=O)(=O)C(NC(=O)c1ccccc1OC(F)(F)F)C1(c2ccccc2)CCNCC1. The number of para-hydroxylation sites is 1. The Labute approximate surface area is 177 Å². The van der Waals surface area contributed by atoms with Crippen molar-refractivity contribution in [2.45, 2.75) is 30.0 Å². The molecule has 1 fully saturated rings. The summed E-state index contributed by atoms with van der Waals surface area (Å²) in [7, 11) is -4.34. The molecule has 1 aliphatic heterocycles. The number of carbonyl (C=O) groups is 1. The lowest BCUT2D eigenvalue weighted by Gasteiger charge is -2.43. The number of rotatable bonds is 6. The zero-order valence-electron chi connectivity index (χ0n) is 16.4. The van der Waals surface area contributed by atoms with Gasteiger partial charge in [0.1, 0.15) is 5.75 Å². The van der Waals surface area contributed by atoms with Gasteiger partial charge in [-0.15, -0.1) is 13.2 Å². The molecule has 2 aromatic rings. The number of nitrogens with two attached hydrogens (primary N) is 1. The molecule has 11 heteroatoms. The van der Waals surface area contributed by atoms with Crippen molar-refractivity contribution in [2.24, 2.45) is 5.14 Å². The number of piperidine rings is 1. The fourth-order valence-electron chi connectivity index (χ4n) is 3.94. The van der Waals surface area contributed by atoms with Crippen LogP contribution < -0.4 is 20.5 Å². The molecule has 3 rings (SSSR count). The van der Waals surface area contributed by atoms with Crippen molar-refractivity contribution in [3.8, 4) is 5.75 Å². The third-order valence-electron chi connectivity index (χ3n) is 5.29. The number of primary sulfonamides is 1. The van der Waals surface area contributed by atoms with E-state index < -0.39 is 44.4 Å². The predicted molar refractivity (Wildman–Crippen MR) is 108 cm³/mol. The Hall–Kier alpha value is -2.63. The Morgan fingerprint density at radius 2 is 1.65 bits per heavy atom. The molecule has 0 radical (unpaired) electrons. The molecule has 0 aliphatic carbocycles. The second kappa shape index (κ2) is 8.85. The molecule has 168 valence electrons. The largest absolute Gasteiger partial charge is 0.573 e. The minimum atomic E-state index is -5.02. The maximum atomic E-state index is 12.9. The van der Waals surface area contributed by atoms with Gasteiger partial charge in [-0.25, -0.2) is 13.6 Å². The lowest BCUT2D eigenvalue weighted by atomic mass is 9.72. The molecule has 31 heavy (non-hydrogen) atoms. The average Bonchev–Trinajstić information content (AvgIpc) is 2.71. The number of halogens is 3. The number of nitrogens with one attached hydrogen (secondary N) is 2. The van der Waals surface area contributed by atoms with E-state index in [2.05, 4.69) is 15.4 Å². The Morgan fingerprint density at radius 1 is 1.06 bits per heavy atom. The summed E-state index contributed by atoms with van der Waals surface area (Å²) >= 11 is 0. The quantitative estimate of drug-likeness (QED) is 0.616. The van der Waals surface area contributed by atoms with Gasteiger partial charge in [0.15, 0.2) is 5.37 Å². The van der Waals surface area contributed by atoms with E-state index >= 15 is 0 Å². The van der Waals surface area contributed by atoms with Crippen LogP contribution in [0.15, 0.2) is 54.6 Å². The molecule has 0 aromatic heterocycles. The summed E-state index contributed by atoms with van der Waals surface area (Å²) in [6.07, 6.45) is -4.33. The van der Waals surface area contributed by atoms with Gasteiger partial charge in [-0.3, -0.25) is 4.79 Å². The molecule has 4 N–H and O–H groups in total. The van der Waals surface area contributed by atoms with Crippen LogP contribution in [0.4, 0.5) is 13.2 Å². The Morgan fingerprint density at radius 3 is 2.23 bits per heavy atom. The van der Waals surface area contributed by atoms with Crippen LogP contribution in [0.2, 0.25) is 0 Å². The van der Waals surface area contributed by atoms with Gasteiger partial charge in [-0.05, 0) is 43.6 Å². The van der Waals surface area contributed by atoms with Gasteiger partial charge in [-0.1, -0.05) is 42.5 Å².